The Morgan fingerprint density at radius 2 is 2.31 bits per heavy atom. The highest BCUT2D eigenvalue weighted by Crippen LogP contribution is 2.55. The molecule has 0 radical (unpaired) electrons. The highest BCUT2D eigenvalue weighted by atomic mass is 79.9. The van der Waals surface area contributed by atoms with Gasteiger partial charge in [0.05, 0.1) is 16.8 Å². The SMILES string of the molecule is CNC(c1occc1Br)C1(C)CC1. The molecular formula is C10H14BrNO. The molecule has 72 valence electrons. The molecule has 1 unspecified atom stereocenters. The smallest absolute Gasteiger partial charge is 0.135 e. The average Bonchev–Trinajstić information content (AvgIpc) is 2.69. The predicted octanol–water partition coefficient (Wildman–Crippen LogP) is 3.10. The van der Waals surface area contributed by atoms with Crippen LogP contribution < -0.4 is 5.32 Å². The third-order valence-corrected chi connectivity index (χ3v) is 3.59. The van der Waals surface area contributed by atoms with Crippen molar-refractivity contribution in [2.24, 2.45) is 5.41 Å². The number of hydrogen-bond acceptors (Lipinski definition) is 2. The minimum atomic E-state index is 0.344. The molecule has 1 heterocycles. The van der Waals surface area contributed by atoms with Gasteiger partial charge in [-0.2, -0.15) is 0 Å². The predicted molar refractivity (Wildman–Crippen MR) is 55.5 cm³/mol. The van der Waals surface area contributed by atoms with Crippen molar-refractivity contribution in [3.63, 3.8) is 0 Å². The zero-order valence-electron chi connectivity index (χ0n) is 7.93. The van der Waals surface area contributed by atoms with Gasteiger partial charge in [0.2, 0.25) is 0 Å². The average molecular weight is 244 g/mol. The summed E-state index contributed by atoms with van der Waals surface area (Å²) >= 11 is 3.49. The molecule has 3 heteroatoms. The largest absolute Gasteiger partial charge is 0.466 e. The first-order valence-electron chi connectivity index (χ1n) is 4.57. The zero-order chi connectivity index (χ0) is 9.47. The summed E-state index contributed by atoms with van der Waals surface area (Å²) in [5.74, 6) is 1.03. The first kappa shape index (κ1) is 9.28. The Morgan fingerprint density at radius 3 is 2.69 bits per heavy atom. The standard InChI is InChI=1S/C10H14BrNO/c1-10(4-5-10)9(12-2)8-7(11)3-6-13-8/h3,6,9,12H,4-5H2,1-2H3. The fourth-order valence-corrected chi connectivity index (χ4v) is 2.22. The Kier molecular flexibility index (Phi) is 2.24. The zero-order valence-corrected chi connectivity index (χ0v) is 9.52. The quantitative estimate of drug-likeness (QED) is 0.883. The van der Waals surface area contributed by atoms with Gasteiger partial charge in [0.25, 0.3) is 0 Å². The van der Waals surface area contributed by atoms with Crippen LogP contribution in [-0.2, 0) is 0 Å². The van der Waals surface area contributed by atoms with Gasteiger partial charge in [-0.3, -0.25) is 0 Å². The molecule has 1 atom stereocenters. The van der Waals surface area contributed by atoms with E-state index < -0.39 is 0 Å². The van der Waals surface area contributed by atoms with Gasteiger partial charge >= 0.3 is 0 Å². The molecule has 0 amide bonds. The van der Waals surface area contributed by atoms with Crippen molar-refractivity contribution in [2.45, 2.75) is 25.8 Å². The second-order valence-corrected chi connectivity index (χ2v) is 4.86. The van der Waals surface area contributed by atoms with Gasteiger partial charge in [-0.1, -0.05) is 6.92 Å². The summed E-state index contributed by atoms with van der Waals surface area (Å²) in [5, 5.41) is 3.32. The number of rotatable bonds is 3. The molecular weight excluding hydrogens is 230 g/mol. The van der Waals surface area contributed by atoms with E-state index in [-0.39, 0.29) is 0 Å². The summed E-state index contributed by atoms with van der Waals surface area (Å²) in [6.45, 7) is 2.29. The minimum absolute atomic E-state index is 0.344. The number of furan rings is 1. The molecule has 1 N–H and O–H groups in total. The molecule has 1 aliphatic rings. The number of nitrogens with one attached hydrogen (secondary N) is 1. The van der Waals surface area contributed by atoms with E-state index in [9.17, 15) is 0 Å². The third kappa shape index (κ3) is 1.55. The van der Waals surface area contributed by atoms with Gasteiger partial charge in [0, 0.05) is 0 Å². The molecule has 0 aliphatic heterocycles. The van der Waals surface area contributed by atoms with Gasteiger partial charge in [0.1, 0.15) is 5.76 Å². The normalized spacial score (nSPS) is 21.5. The van der Waals surface area contributed by atoms with E-state index >= 15 is 0 Å². The van der Waals surface area contributed by atoms with E-state index in [2.05, 4.69) is 28.2 Å². The molecule has 1 aliphatic carbocycles. The summed E-state index contributed by atoms with van der Waals surface area (Å²) < 4.78 is 6.54. The van der Waals surface area contributed by atoms with E-state index in [0.717, 1.165) is 10.2 Å². The lowest BCUT2D eigenvalue weighted by Crippen LogP contribution is -2.24. The van der Waals surface area contributed by atoms with Crippen molar-refractivity contribution in [3.05, 3.63) is 22.6 Å². The molecule has 0 aromatic carbocycles. The summed E-state index contributed by atoms with van der Waals surface area (Å²) in [6.07, 6.45) is 4.30. The molecule has 1 aromatic heterocycles. The van der Waals surface area contributed by atoms with Crippen molar-refractivity contribution >= 4 is 15.9 Å². The lowest BCUT2D eigenvalue weighted by molar-refractivity contribution is 0.323. The maximum atomic E-state index is 5.47. The summed E-state index contributed by atoms with van der Waals surface area (Å²) in [6, 6.07) is 2.29. The van der Waals surface area contributed by atoms with Crippen LogP contribution in [0.2, 0.25) is 0 Å². The van der Waals surface area contributed by atoms with Crippen LogP contribution >= 0.6 is 15.9 Å². The fourth-order valence-electron chi connectivity index (χ4n) is 1.79. The molecule has 0 saturated heterocycles. The van der Waals surface area contributed by atoms with Crippen LogP contribution in [-0.4, -0.2) is 7.05 Å². The van der Waals surface area contributed by atoms with Crippen molar-refractivity contribution in [2.75, 3.05) is 7.05 Å². The molecule has 1 fully saturated rings. The van der Waals surface area contributed by atoms with Crippen LogP contribution in [0.25, 0.3) is 0 Å². The highest BCUT2D eigenvalue weighted by molar-refractivity contribution is 9.10. The van der Waals surface area contributed by atoms with Crippen molar-refractivity contribution < 1.29 is 4.42 Å². The first-order chi connectivity index (χ1) is 6.17. The second kappa shape index (κ2) is 3.14. The van der Waals surface area contributed by atoms with E-state index in [1.165, 1.54) is 12.8 Å². The minimum Gasteiger partial charge on any atom is -0.466 e. The Labute approximate surface area is 86.8 Å². The lowest BCUT2D eigenvalue weighted by atomic mass is 9.97. The molecule has 2 rings (SSSR count). The Hall–Kier alpha value is -0.280. The van der Waals surface area contributed by atoms with Crippen LogP contribution in [0.5, 0.6) is 0 Å². The number of halogens is 1. The molecule has 0 spiro atoms. The van der Waals surface area contributed by atoms with E-state index in [0.29, 0.717) is 11.5 Å². The summed E-state index contributed by atoms with van der Waals surface area (Å²) in [5.41, 5.74) is 0.398. The molecule has 0 bridgehead atoms. The van der Waals surface area contributed by atoms with E-state index in [1.54, 1.807) is 6.26 Å². The van der Waals surface area contributed by atoms with Gasteiger partial charge in [-0.05, 0) is 47.3 Å². The van der Waals surface area contributed by atoms with E-state index in [1.807, 2.05) is 13.1 Å². The summed E-state index contributed by atoms with van der Waals surface area (Å²) in [7, 11) is 1.99. The molecule has 2 nitrogen and oxygen atoms in total. The van der Waals surface area contributed by atoms with Crippen LogP contribution in [0.3, 0.4) is 0 Å². The molecule has 1 aromatic rings. The fraction of sp³-hybridized carbons (Fsp3) is 0.600. The Bertz CT molecular complexity index is 304. The van der Waals surface area contributed by atoms with Gasteiger partial charge in [-0.25, -0.2) is 0 Å². The topological polar surface area (TPSA) is 25.2 Å². The van der Waals surface area contributed by atoms with E-state index in [4.69, 9.17) is 4.42 Å². The first-order valence-corrected chi connectivity index (χ1v) is 5.37. The van der Waals surface area contributed by atoms with Crippen molar-refractivity contribution in [1.82, 2.24) is 5.32 Å². The monoisotopic (exact) mass is 243 g/mol. The van der Waals surface area contributed by atoms with Crippen molar-refractivity contribution in [3.8, 4) is 0 Å². The second-order valence-electron chi connectivity index (χ2n) is 4.01. The van der Waals surface area contributed by atoms with Crippen LogP contribution in [0.1, 0.15) is 31.6 Å². The van der Waals surface area contributed by atoms with Crippen LogP contribution in [0.15, 0.2) is 21.2 Å². The number of hydrogen-bond donors (Lipinski definition) is 1. The lowest BCUT2D eigenvalue weighted by Gasteiger charge is -2.21. The maximum Gasteiger partial charge on any atom is 0.135 e. The molecule has 1 saturated carbocycles. The van der Waals surface area contributed by atoms with Crippen LogP contribution in [0.4, 0.5) is 0 Å². The Balaban J connectivity index is 2.27. The highest BCUT2D eigenvalue weighted by Gasteiger charge is 2.46. The summed E-state index contributed by atoms with van der Waals surface area (Å²) in [4.78, 5) is 0. The van der Waals surface area contributed by atoms with Gasteiger partial charge in [0.15, 0.2) is 0 Å². The van der Waals surface area contributed by atoms with Gasteiger partial charge in [-0.15, -0.1) is 0 Å². The maximum absolute atomic E-state index is 5.47. The van der Waals surface area contributed by atoms with Crippen LogP contribution in [0, 0.1) is 5.41 Å². The molecule has 13 heavy (non-hydrogen) atoms. The Morgan fingerprint density at radius 1 is 1.62 bits per heavy atom. The van der Waals surface area contributed by atoms with Gasteiger partial charge < -0.3 is 9.73 Å². The third-order valence-electron chi connectivity index (χ3n) is 2.93. The van der Waals surface area contributed by atoms with Crippen molar-refractivity contribution in [1.29, 1.82) is 0 Å².